The van der Waals surface area contributed by atoms with Gasteiger partial charge in [0, 0.05) is 12.6 Å². The number of nitrogens with zero attached hydrogens (tertiary/aromatic N) is 4. The number of aromatic nitrogens is 2. The predicted octanol–water partition coefficient (Wildman–Crippen LogP) is 2.42. The first-order valence-corrected chi connectivity index (χ1v) is 6.22. The van der Waals surface area contributed by atoms with Crippen molar-refractivity contribution in [2.75, 3.05) is 25.6 Å². The van der Waals surface area contributed by atoms with E-state index in [2.05, 4.69) is 16.3 Å². The van der Waals surface area contributed by atoms with Crippen molar-refractivity contribution in [3.63, 3.8) is 0 Å². The summed E-state index contributed by atoms with van der Waals surface area (Å²) in [5.41, 5.74) is 2.84. The Morgan fingerprint density at radius 3 is 2.60 bits per heavy atom. The Morgan fingerprint density at radius 2 is 2.05 bits per heavy atom. The molecular formula is C15H16N4O. The van der Waals surface area contributed by atoms with Crippen molar-refractivity contribution in [1.29, 1.82) is 5.26 Å². The van der Waals surface area contributed by atoms with Gasteiger partial charge in [-0.3, -0.25) is 0 Å². The highest BCUT2D eigenvalue weighted by Crippen LogP contribution is 2.25. The summed E-state index contributed by atoms with van der Waals surface area (Å²) >= 11 is 0. The summed E-state index contributed by atoms with van der Waals surface area (Å²) in [6.07, 6.45) is 0. The SMILES string of the molecule is COc1ccc(-c2ccc(N(C)CC#N)nn2)cc1C. The Hall–Kier alpha value is -2.61. The van der Waals surface area contributed by atoms with E-state index in [4.69, 9.17) is 10.00 Å². The zero-order valence-corrected chi connectivity index (χ0v) is 11.8. The van der Waals surface area contributed by atoms with E-state index < -0.39 is 0 Å². The zero-order chi connectivity index (χ0) is 14.5. The Labute approximate surface area is 118 Å². The smallest absolute Gasteiger partial charge is 0.151 e. The minimum Gasteiger partial charge on any atom is -0.496 e. The van der Waals surface area contributed by atoms with Crippen molar-refractivity contribution < 1.29 is 4.74 Å². The molecule has 5 heteroatoms. The number of hydrogen-bond acceptors (Lipinski definition) is 5. The van der Waals surface area contributed by atoms with Gasteiger partial charge in [0.15, 0.2) is 5.82 Å². The van der Waals surface area contributed by atoms with Crippen molar-refractivity contribution in [2.45, 2.75) is 6.92 Å². The molecule has 20 heavy (non-hydrogen) atoms. The first kappa shape index (κ1) is 13.8. The number of benzene rings is 1. The Kier molecular flexibility index (Phi) is 4.16. The van der Waals surface area contributed by atoms with Gasteiger partial charge in [-0.25, -0.2) is 0 Å². The van der Waals surface area contributed by atoms with Crippen LogP contribution in [0.2, 0.25) is 0 Å². The number of ether oxygens (including phenoxy) is 1. The predicted molar refractivity (Wildman–Crippen MR) is 77.6 cm³/mol. The van der Waals surface area contributed by atoms with Crippen molar-refractivity contribution in [1.82, 2.24) is 10.2 Å². The number of anilines is 1. The Bertz CT molecular complexity index is 631. The third kappa shape index (κ3) is 2.86. The summed E-state index contributed by atoms with van der Waals surface area (Å²) in [4.78, 5) is 1.75. The van der Waals surface area contributed by atoms with Crippen LogP contribution in [0, 0.1) is 18.3 Å². The lowest BCUT2D eigenvalue weighted by molar-refractivity contribution is 0.412. The molecule has 5 nitrogen and oxygen atoms in total. The molecule has 0 saturated carbocycles. The highest BCUT2D eigenvalue weighted by Gasteiger charge is 2.06. The standard InChI is InChI=1S/C15H16N4O/c1-11-10-12(4-6-14(11)20-3)13-5-7-15(18-17-13)19(2)9-8-16/h4-7,10H,9H2,1-3H3. The summed E-state index contributed by atoms with van der Waals surface area (Å²) in [7, 11) is 3.46. The minimum absolute atomic E-state index is 0.287. The highest BCUT2D eigenvalue weighted by atomic mass is 16.5. The van der Waals surface area contributed by atoms with Gasteiger partial charge in [0.2, 0.25) is 0 Å². The van der Waals surface area contributed by atoms with Gasteiger partial charge in [0.1, 0.15) is 12.3 Å². The first-order valence-electron chi connectivity index (χ1n) is 6.22. The monoisotopic (exact) mass is 268 g/mol. The molecule has 0 fully saturated rings. The molecule has 0 aliphatic heterocycles. The van der Waals surface area contributed by atoms with Crippen LogP contribution in [0.1, 0.15) is 5.56 Å². The highest BCUT2D eigenvalue weighted by molar-refractivity contribution is 5.62. The molecule has 0 unspecified atom stereocenters. The quantitative estimate of drug-likeness (QED) is 0.797. The van der Waals surface area contributed by atoms with Crippen LogP contribution in [0.4, 0.5) is 5.82 Å². The molecule has 0 atom stereocenters. The fourth-order valence-corrected chi connectivity index (χ4v) is 1.91. The normalized spacial score (nSPS) is 9.90. The number of hydrogen-bond donors (Lipinski definition) is 0. The van der Waals surface area contributed by atoms with E-state index in [0.29, 0.717) is 5.82 Å². The fraction of sp³-hybridized carbons (Fsp3) is 0.267. The van der Waals surface area contributed by atoms with Gasteiger partial charge in [0.05, 0.1) is 18.9 Å². The average molecular weight is 268 g/mol. The van der Waals surface area contributed by atoms with Crippen LogP contribution in [0.5, 0.6) is 5.75 Å². The van der Waals surface area contributed by atoms with E-state index in [1.165, 1.54) is 0 Å². The number of aryl methyl sites for hydroxylation is 1. The average Bonchev–Trinajstić information content (AvgIpc) is 2.47. The summed E-state index contributed by atoms with van der Waals surface area (Å²) < 4.78 is 5.24. The molecule has 0 aliphatic carbocycles. The lowest BCUT2D eigenvalue weighted by atomic mass is 10.1. The second-order valence-electron chi connectivity index (χ2n) is 4.48. The second-order valence-corrected chi connectivity index (χ2v) is 4.48. The molecule has 1 heterocycles. The minimum atomic E-state index is 0.287. The van der Waals surface area contributed by atoms with Gasteiger partial charge in [0.25, 0.3) is 0 Å². The van der Waals surface area contributed by atoms with Gasteiger partial charge < -0.3 is 9.64 Å². The van der Waals surface area contributed by atoms with Crippen molar-refractivity contribution in [3.8, 4) is 23.1 Å². The molecule has 0 bridgehead atoms. The van der Waals surface area contributed by atoms with E-state index in [1.54, 1.807) is 12.0 Å². The van der Waals surface area contributed by atoms with Gasteiger partial charge in [-0.05, 0) is 42.8 Å². The second kappa shape index (κ2) is 6.02. The van der Waals surface area contributed by atoms with Crippen LogP contribution in [0.25, 0.3) is 11.3 Å². The Balaban J connectivity index is 2.26. The summed E-state index contributed by atoms with van der Waals surface area (Å²) in [5, 5.41) is 17.0. The summed E-state index contributed by atoms with van der Waals surface area (Å²) in [5.74, 6) is 1.53. The first-order chi connectivity index (χ1) is 9.65. The van der Waals surface area contributed by atoms with E-state index in [-0.39, 0.29) is 6.54 Å². The van der Waals surface area contributed by atoms with Crippen molar-refractivity contribution in [2.24, 2.45) is 0 Å². The van der Waals surface area contributed by atoms with Gasteiger partial charge in [-0.1, -0.05) is 0 Å². The molecule has 2 rings (SSSR count). The number of nitriles is 1. The van der Waals surface area contributed by atoms with Crippen LogP contribution in [0.3, 0.4) is 0 Å². The van der Waals surface area contributed by atoms with E-state index in [1.807, 2.05) is 44.3 Å². The fourth-order valence-electron chi connectivity index (χ4n) is 1.91. The topological polar surface area (TPSA) is 62.0 Å². The lowest BCUT2D eigenvalue weighted by Crippen LogP contribution is -2.18. The molecule has 0 radical (unpaired) electrons. The largest absolute Gasteiger partial charge is 0.496 e. The van der Waals surface area contributed by atoms with Crippen molar-refractivity contribution >= 4 is 5.82 Å². The molecular weight excluding hydrogens is 252 g/mol. The van der Waals surface area contributed by atoms with Crippen LogP contribution in [-0.4, -0.2) is 30.9 Å². The van der Waals surface area contributed by atoms with Crippen LogP contribution >= 0.6 is 0 Å². The molecule has 1 aromatic heterocycles. The summed E-state index contributed by atoms with van der Waals surface area (Å²) in [6, 6.07) is 11.7. The van der Waals surface area contributed by atoms with Crippen molar-refractivity contribution in [3.05, 3.63) is 35.9 Å². The molecule has 1 aromatic carbocycles. The maximum absolute atomic E-state index is 8.66. The molecule has 102 valence electrons. The zero-order valence-electron chi connectivity index (χ0n) is 11.8. The lowest BCUT2D eigenvalue weighted by Gasteiger charge is -2.13. The molecule has 0 amide bonds. The van der Waals surface area contributed by atoms with E-state index in [9.17, 15) is 0 Å². The molecule has 0 aliphatic rings. The molecule has 0 saturated heterocycles. The number of methoxy groups -OCH3 is 1. The third-order valence-corrected chi connectivity index (χ3v) is 3.04. The molecule has 2 aromatic rings. The van der Waals surface area contributed by atoms with E-state index >= 15 is 0 Å². The molecule has 0 spiro atoms. The van der Waals surface area contributed by atoms with E-state index in [0.717, 1.165) is 22.6 Å². The van der Waals surface area contributed by atoms with Gasteiger partial charge in [-0.15, -0.1) is 10.2 Å². The third-order valence-electron chi connectivity index (χ3n) is 3.04. The van der Waals surface area contributed by atoms with Crippen LogP contribution in [-0.2, 0) is 0 Å². The van der Waals surface area contributed by atoms with Crippen LogP contribution in [0.15, 0.2) is 30.3 Å². The van der Waals surface area contributed by atoms with Gasteiger partial charge in [-0.2, -0.15) is 5.26 Å². The van der Waals surface area contributed by atoms with Crippen LogP contribution < -0.4 is 9.64 Å². The maximum atomic E-state index is 8.66. The summed E-state index contributed by atoms with van der Waals surface area (Å²) in [6.45, 7) is 2.28. The Morgan fingerprint density at radius 1 is 1.25 bits per heavy atom. The molecule has 0 N–H and O–H groups in total. The number of rotatable bonds is 4. The maximum Gasteiger partial charge on any atom is 0.151 e. The van der Waals surface area contributed by atoms with Gasteiger partial charge >= 0.3 is 0 Å².